The summed E-state index contributed by atoms with van der Waals surface area (Å²) in [7, 11) is 0. The van der Waals surface area contributed by atoms with E-state index in [1.165, 1.54) is 12.4 Å². The molecule has 0 spiro atoms. The first-order valence-corrected chi connectivity index (χ1v) is 23.2. The van der Waals surface area contributed by atoms with E-state index in [-0.39, 0.29) is 36.8 Å². The molecule has 5 heterocycles. The maximum atomic E-state index is 13.5. The topological polar surface area (TPSA) is 173 Å². The fraction of sp³-hybridized carbons (Fsp3) is 0.264. The number of para-hydroxylation sites is 2. The van der Waals surface area contributed by atoms with Crippen molar-refractivity contribution in [3.63, 3.8) is 0 Å². The van der Waals surface area contributed by atoms with Crippen LogP contribution in [0.2, 0.25) is 0 Å². The molecule has 0 unspecified atom stereocenters. The lowest BCUT2D eigenvalue weighted by atomic mass is 10.1. The van der Waals surface area contributed by atoms with E-state index in [1.807, 2.05) is 119 Å². The zero-order chi connectivity index (χ0) is 48.7. The number of carbonyl (C=O) groups is 3. The molecule has 70 heavy (non-hydrogen) atoms. The minimum absolute atomic E-state index is 0.0374. The second-order valence-electron chi connectivity index (χ2n) is 16.6. The summed E-state index contributed by atoms with van der Waals surface area (Å²) >= 11 is 0. The molecule has 17 heteroatoms. The molecule has 360 valence electrons. The van der Waals surface area contributed by atoms with Crippen LogP contribution in [0.3, 0.4) is 0 Å². The summed E-state index contributed by atoms with van der Waals surface area (Å²) in [5, 5.41) is 7.00. The number of aromatic nitrogens is 4. The van der Waals surface area contributed by atoms with Crippen molar-refractivity contribution < 1.29 is 37.1 Å². The molecule has 2 N–H and O–H groups in total. The van der Waals surface area contributed by atoms with Gasteiger partial charge in [0.25, 0.3) is 5.89 Å². The maximum absolute atomic E-state index is 13.5. The van der Waals surface area contributed by atoms with Crippen LogP contribution in [-0.4, -0.2) is 80.5 Å². The first-order chi connectivity index (χ1) is 34.2. The van der Waals surface area contributed by atoms with Gasteiger partial charge in [-0.1, -0.05) is 36.4 Å². The number of rotatable bonds is 14. The van der Waals surface area contributed by atoms with Crippen LogP contribution in [-0.2, 0) is 13.1 Å². The molecule has 2 fully saturated rings. The molecule has 0 bridgehead atoms. The van der Waals surface area contributed by atoms with Crippen LogP contribution < -0.4 is 25.0 Å². The second kappa shape index (κ2) is 23.8. The largest absolute Gasteiger partial charge is 0.457 e. The van der Waals surface area contributed by atoms with Crippen LogP contribution >= 0.6 is 0 Å². The fourth-order valence-electron chi connectivity index (χ4n) is 7.90. The number of piperidine rings is 2. The number of hydrogen-bond acceptors (Lipinski definition) is 11. The van der Waals surface area contributed by atoms with Crippen molar-refractivity contribution in [2.45, 2.75) is 58.0 Å². The van der Waals surface area contributed by atoms with Gasteiger partial charge in [0.1, 0.15) is 23.0 Å². The van der Waals surface area contributed by atoms with Gasteiger partial charge < -0.3 is 29.4 Å². The van der Waals surface area contributed by atoms with Gasteiger partial charge in [-0.25, -0.2) is 9.59 Å². The van der Waals surface area contributed by atoms with Crippen molar-refractivity contribution in [1.29, 1.82) is 0 Å². The molecule has 0 radical (unpaired) electrons. The first kappa shape index (κ1) is 48.4. The molecule has 4 amide bonds. The van der Waals surface area contributed by atoms with Crippen molar-refractivity contribution in [2.24, 2.45) is 5.73 Å². The third-order valence-corrected chi connectivity index (χ3v) is 11.6. The van der Waals surface area contributed by atoms with E-state index >= 15 is 0 Å². The SMILES string of the molecule is NCC(=O)c1ccc(CN(C(=O)N2CCCCC2)c2ccc(Oc3ccccc3)cc2)nc1.O=C(N1CCCCC1)N(Cc1ccc(-c2nnc(C(F)F)o2)cn1)c1ccc(Oc2ccccc2)cc1. The van der Waals surface area contributed by atoms with Gasteiger partial charge in [-0.05, 0) is 136 Å². The Bertz CT molecular complexity index is 2750. The smallest absolute Gasteiger partial charge is 0.324 e. The quantitative estimate of drug-likeness (QED) is 0.103. The molecular formula is C53H53F2N9O6. The number of pyridine rings is 2. The predicted octanol–water partition coefficient (Wildman–Crippen LogP) is 11.1. The summed E-state index contributed by atoms with van der Waals surface area (Å²) in [4.78, 5) is 54.7. The number of anilines is 2. The number of halogens is 2. The van der Waals surface area contributed by atoms with Crippen LogP contribution in [0.25, 0.3) is 11.5 Å². The van der Waals surface area contributed by atoms with Crippen molar-refractivity contribution in [3.8, 4) is 34.5 Å². The summed E-state index contributed by atoms with van der Waals surface area (Å²) in [5.41, 5.74) is 9.10. The standard InChI is InChI=1S/C27H25F2N5O3.C26H28N4O3/c28-24(29)26-32-31-25(37-26)19-9-10-20(30-17-19)18-34(27(35)33-15-5-2-6-16-33)21-11-13-23(14-12-21)36-22-7-3-1-4-8-22;27-17-25(31)20-9-10-21(28-18-20)19-30(26(32)29-15-5-2-6-16-29)22-11-13-24(14-12-22)33-23-7-3-1-4-8-23/h1,3-4,7-14,17,24H,2,5-6,15-16,18H2;1,3-4,7-14,18H,2,5-6,15-17,19,27H2. The maximum Gasteiger partial charge on any atom is 0.324 e. The van der Waals surface area contributed by atoms with Gasteiger partial charge in [0.15, 0.2) is 5.78 Å². The van der Waals surface area contributed by atoms with Crippen LogP contribution in [0.4, 0.5) is 29.7 Å². The van der Waals surface area contributed by atoms with Gasteiger partial charge in [-0.3, -0.25) is 24.6 Å². The predicted molar refractivity (Wildman–Crippen MR) is 260 cm³/mol. The van der Waals surface area contributed by atoms with E-state index in [2.05, 4.69) is 20.2 Å². The van der Waals surface area contributed by atoms with Crippen LogP contribution in [0, 0.1) is 0 Å². The molecule has 7 aromatic rings. The number of amides is 4. The Morgan fingerprint density at radius 3 is 1.43 bits per heavy atom. The number of carbonyl (C=O) groups excluding carboxylic acids is 3. The zero-order valence-electron chi connectivity index (χ0n) is 38.5. The normalized spacial score (nSPS) is 13.5. The fourth-order valence-corrected chi connectivity index (χ4v) is 7.90. The van der Waals surface area contributed by atoms with Gasteiger partial charge in [-0.15, -0.1) is 10.2 Å². The van der Waals surface area contributed by atoms with E-state index in [9.17, 15) is 23.2 Å². The monoisotopic (exact) mass is 949 g/mol. The third-order valence-electron chi connectivity index (χ3n) is 11.6. The number of alkyl halides is 2. The highest BCUT2D eigenvalue weighted by Gasteiger charge is 2.27. The molecular weight excluding hydrogens is 897 g/mol. The molecule has 3 aromatic heterocycles. The lowest BCUT2D eigenvalue weighted by Crippen LogP contribution is -2.45. The van der Waals surface area contributed by atoms with Crippen LogP contribution in [0.15, 0.2) is 150 Å². The third kappa shape index (κ3) is 12.9. The number of ether oxygens (including phenoxy) is 2. The van der Waals surface area contributed by atoms with Crippen molar-refractivity contribution in [1.82, 2.24) is 30.0 Å². The van der Waals surface area contributed by atoms with Gasteiger partial charge in [0.05, 0.1) is 36.6 Å². The molecule has 4 aromatic carbocycles. The molecule has 0 atom stereocenters. The van der Waals surface area contributed by atoms with E-state index in [1.54, 1.807) is 34.1 Å². The average Bonchev–Trinajstić information content (AvgIpc) is 3.93. The lowest BCUT2D eigenvalue weighted by Gasteiger charge is -2.33. The number of urea groups is 2. The summed E-state index contributed by atoms with van der Waals surface area (Å²) in [5.74, 6) is 1.89. The molecule has 15 nitrogen and oxygen atoms in total. The highest BCUT2D eigenvalue weighted by atomic mass is 19.3. The van der Waals surface area contributed by atoms with E-state index in [4.69, 9.17) is 19.6 Å². The summed E-state index contributed by atoms with van der Waals surface area (Å²) in [6, 6.07) is 40.6. The Kier molecular flexibility index (Phi) is 16.5. The van der Waals surface area contributed by atoms with Crippen molar-refractivity contribution in [3.05, 3.63) is 169 Å². The number of likely N-dealkylation sites (tertiary alicyclic amines) is 2. The number of hydrogen-bond donors (Lipinski definition) is 1. The van der Waals surface area contributed by atoms with Crippen LogP contribution in [0.1, 0.15) is 72.6 Å². The molecule has 2 saturated heterocycles. The number of benzene rings is 4. The molecule has 9 rings (SSSR count). The van der Waals surface area contributed by atoms with Crippen molar-refractivity contribution >= 4 is 29.2 Å². The molecule has 0 aliphatic carbocycles. The summed E-state index contributed by atoms with van der Waals surface area (Å²) in [6.07, 6.45) is 6.38. The van der Waals surface area contributed by atoms with Gasteiger partial charge in [0.2, 0.25) is 5.89 Å². The Labute approximate surface area is 404 Å². The van der Waals surface area contributed by atoms with Crippen molar-refractivity contribution in [2.75, 3.05) is 42.5 Å². The highest BCUT2D eigenvalue weighted by Crippen LogP contribution is 2.30. The van der Waals surface area contributed by atoms with Crippen LogP contribution in [0.5, 0.6) is 23.0 Å². The van der Waals surface area contributed by atoms with Gasteiger partial charge in [-0.2, -0.15) is 8.78 Å². The zero-order valence-corrected chi connectivity index (χ0v) is 38.5. The van der Waals surface area contributed by atoms with Gasteiger partial charge >= 0.3 is 18.5 Å². The Morgan fingerprint density at radius 2 is 1.03 bits per heavy atom. The Morgan fingerprint density at radius 1 is 0.571 bits per heavy atom. The minimum Gasteiger partial charge on any atom is -0.457 e. The molecule has 2 aliphatic rings. The number of Topliss-reactive ketones (excluding diaryl/α,β-unsaturated/α-hetero) is 1. The number of nitrogens with zero attached hydrogens (tertiary/aromatic N) is 8. The minimum atomic E-state index is -2.84. The molecule has 0 saturated carbocycles. The average molecular weight is 950 g/mol. The molecule has 2 aliphatic heterocycles. The van der Waals surface area contributed by atoms with Gasteiger partial charge in [0, 0.05) is 55.5 Å². The first-order valence-electron chi connectivity index (χ1n) is 23.2. The Balaban J connectivity index is 0.000000190. The Hall–Kier alpha value is -8.05. The number of nitrogens with two attached hydrogens (primary N) is 1. The second-order valence-corrected chi connectivity index (χ2v) is 16.6. The highest BCUT2D eigenvalue weighted by molar-refractivity contribution is 5.97. The lowest BCUT2D eigenvalue weighted by molar-refractivity contribution is 0.100. The number of ketones is 1. The van der Waals surface area contributed by atoms with E-state index in [0.717, 1.165) is 68.8 Å². The summed E-state index contributed by atoms with van der Waals surface area (Å²) < 4.78 is 42.3. The van der Waals surface area contributed by atoms with E-state index in [0.29, 0.717) is 59.3 Å². The summed E-state index contributed by atoms with van der Waals surface area (Å²) in [6.45, 7) is 3.38. The van der Waals surface area contributed by atoms with E-state index < -0.39 is 12.3 Å².